The van der Waals surface area contributed by atoms with Gasteiger partial charge >= 0.3 is 5.97 Å². The van der Waals surface area contributed by atoms with Crippen LogP contribution in [0, 0.1) is 17.0 Å². The molecule has 2 aliphatic rings. The van der Waals surface area contributed by atoms with Gasteiger partial charge in [-0.15, -0.1) is 0 Å². The molecule has 2 aromatic carbocycles. The maximum Gasteiger partial charge on any atom is 0.338 e. The lowest BCUT2D eigenvalue weighted by molar-refractivity contribution is -0.384. The van der Waals surface area contributed by atoms with Crippen LogP contribution in [0.2, 0.25) is 0 Å². The normalized spacial score (nSPS) is 15.7. The van der Waals surface area contributed by atoms with Crippen molar-refractivity contribution in [2.75, 3.05) is 11.9 Å². The van der Waals surface area contributed by atoms with Gasteiger partial charge in [-0.2, -0.15) is 0 Å². The van der Waals surface area contributed by atoms with Gasteiger partial charge in [0.15, 0.2) is 6.61 Å². The number of nitro benzene ring substituents is 1. The number of hydrogen-bond acceptors (Lipinski definition) is 7. The Kier molecular flexibility index (Phi) is 6.40. The Balaban J connectivity index is 1.39. The molecular formula is C24H23N3O7. The fourth-order valence-electron chi connectivity index (χ4n) is 4.36. The van der Waals surface area contributed by atoms with Gasteiger partial charge in [0.25, 0.3) is 23.4 Å². The molecule has 4 rings (SSSR count). The van der Waals surface area contributed by atoms with E-state index in [9.17, 15) is 29.3 Å². The number of nitro groups is 1. The summed E-state index contributed by atoms with van der Waals surface area (Å²) in [4.78, 5) is 61.9. The topological polar surface area (TPSA) is 136 Å². The number of fused-ring (bicyclic) bond motifs is 1. The SMILES string of the molecule is Cc1cc([N+](=O)[O-])ccc1NC(=O)COC(=O)c1ccc2c(c1)C(=O)N(C1CCCCC1)C2=O. The van der Waals surface area contributed by atoms with E-state index in [1.807, 2.05) is 0 Å². The Bertz CT molecular complexity index is 1200. The predicted molar refractivity (Wildman–Crippen MR) is 121 cm³/mol. The van der Waals surface area contributed by atoms with Gasteiger partial charge in [-0.1, -0.05) is 19.3 Å². The van der Waals surface area contributed by atoms with E-state index in [-0.39, 0.29) is 34.3 Å². The minimum absolute atomic E-state index is 0.0599. The molecule has 1 N–H and O–H groups in total. The zero-order chi connectivity index (χ0) is 24.4. The summed E-state index contributed by atoms with van der Waals surface area (Å²) >= 11 is 0. The van der Waals surface area contributed by atoms with Gasteiger partial charge in [0, 0.05) is 23.9 Å². The number of carbonyl (C=O) groups excluding carboxylic acids is 4. The van der Waals surface area contributed by atoms with Crippen molar-refractivity contribution in [3.05, 3.63) is 68.8 Å². The molecule has 176 valence electrons. The second-order valence-electron chi connectivity index (χ2n) is 8.41. The lowest BCUT2D eigenvalue weighted by Gasteiger charge is -2.29. The molecule has 0 spiro atoms. The summed E-state index contributed by atoms with van der Waals surface area (Å²) in [7, 11) is 0. The molecule has 0 unspecified atom stereocenters. The molecule has 1 fully saturated rings. The zero-order valence-electron chi connectivity index (χ0n) is 18.5. The van der Waals surface area contributed by atoms with Crippen molar-refractivity contribution in [1.82, 2.24) is 4.90 Å². The van der Waals surface area contributed by atoms with Crippen molar-refractivity contribution in [2.24, 2.45) is 0 Å². The fraction of sp³-hybridized carbons (Fsp3) is 0.333. The van der Waals surface area contributed by atoms with Crippen molar-refractivity contribution < 1.29 is 28.8 Å². The number of non-ortho nitro benzene ring substituents is 1. The first-order valence-electron chi connectivity index (χ1n) is 11.0. The maximum absolute atomic E-state index is 12.9. The van der Waals surface area contributed by atoms with Crippen molar-refractivity contribution in [2.45, 2.75) is 45.1 Å². The van der Waals surface area contributed by atoms with Gasteiger partial charge in [-0.05, 0) is 49.6 Å². The van der Waals surface area contributed by atoms with Gasteiger partial charge in [0.05, 0.1) is 21.6 Å². The van der Waals surface area contributed by atoms with Crippen molar-refractivity contribution in [3.8, 4) is 0 Å². The smallest absolute Gasteiger partial charge is 0.338 e. The Morgan fingerprint density at radius 2 is 1.76 bits per heavy atom. The van der Waals surface area contributed by atoms with Gasteiger partial charge in [0.2, 0.25) is 0 Å². The number of carbonyl (C=O) groups is 4. The van der Waals surface area contributed by atoms with Crippen LogP contribution in [-0.2, 0) is 9.53 Å². The molecule has 3 amide bonds. The number of nitrogens with zero attached hydrogens (tertiary/aromatic N) is 2. The fourth-order valence-corrected chi connectivity index (χ4v) is 4.36. The summed E-state index contributed by atoms with van der Waals surface area (Å²) in [5, 5.41) is 13.4. The molecule has 34 heavy (non-hydrogen) atoms. The molecule has 0 radical (unpaired) electrons. The molecule has 1 saturated carbocycles. The number of ether oxygens (including phenoxy) is 1. The molecule has 2 aromatic rings. The molecule has 0 atom stereocenters. The third-order valence-electron chi connectivity index (χ3n) is 6.12. The standard InChI is InChI=1S/C24H23N3O7/c1-14-11-17(27(32)33)8-10-20(14)25-21(28)13-34-24(31)15-7-9-18-19(12-15)23(30)26(22(18)29)16-5-3-2-4-6-16/h7-12,16H,2-6,13H2,1H3,(H,25,28). The Morgan fingerprint density at radius 3 is 2.44 bits per heavy atom. The second-order valence-corrected chi connectivity index (χ2v) is 8.41. The van der Waals surface area contributed by atoms with Crippen LogP contribution in [0.5, 0.6) is 0 Å². The Hall–Kier alpha value is -4.08. The number of nitrogens with one attached hydrogen (secondary N) is 1. The summed E-state index contributed by atoms with van der Waals surface area (Å²) in [6.07, 6.45) is 4.59. The molecule has 1 aliphatic heterocycles. The predicted octanol–water partition coefficient (Wildman–Crippen LogP) is 3.63. The molecule has 1 aliphatic carbocycles. The highest BCUT2D eigenvalue weighted by Crippen LogP contribution is 2.31. The lowest BCUT2D eigenvalue weighted by Crippen LogP contribution is -2.40. The summed E-state index contributed by atoms with van der Waals surface area (Å²) in [6.45, 7) is 1.02. The van der Waals surface area contributed by atoms with E-state index in [0.717, 1.165) is 32.1 Å². The number of imide groups is 1. The number of esters is 1. The number of hydrogen-bond donors (Lipinski definition) is 1. The lowest BCUT2D eigenvalue weighted by atomic mass is 9.94. The molecule has 1 heterocycles. The van der Waals surface area contributed by atoms with Crippen LogP contribution in [0.1, 0.15) is 68.7 Å². The van der Waals surface area contributed by atoms with Crippen LogP contribution < -0.4 is 5.32 Å². The first-order valence-corrected chi connectivity index (χ1v) is 11.0. The van der Waals surface area contributed by atoms with E-state index >= 15 is 0 Å². The minimum atomic E-state index is -0.810. The number of benzene rings is 2. The van der Waals surface area contributed by atoms with Crippen LogP contribution in [0.4, 0.5) is 11.4 Å². The summed E-state index contributed by atoms with van der Waals surface area (Å²) in [5.41, 5.74) is 1.22. The van der Waals surface area contributed by atoms with Crippen LogP contribution in [-0.4, -0.2) is 46.2 Å². The molecule has 10 nitrogen and oxygen atoms in total. The van der Waals surface area contributed by atoms with E-state index in [1.54, 1.807) is 6.92 Å². The maximum atomic E-state index is 12.9. The quantitative estimate of drug-likeness (QED) is 0.298. The average Bonchev–Trinajstić information content (AvgIpc) is 3.08. The zero-order valence-corrected chi connectivity index (χ0v) is 18.5. The van der Waals surface area contributed by atoms with E-state index in [2.05, 4.69) is 5.32 Å². The first kappa shape index (κ1) is 23.1. The Morgan fingerprint density at radius 1 is 1.06 bits per heavy atom. The molecular weight excluding hydrogens is 442 g/mol. The van der Waals surface area contributed by atoms with Crippen LogP contribution in [0.15, 0.2) is 36.4 Å². The van der Waals surface area contributed by atoms with E-state index in [0.29, 0.717) is 11.3 Å². The molecule has 0 aromatic heterocycles. The van der Waals surface area contributed by atoms with E-state index in [1.165, 1.54) is 41.3 Å². The highest BCUT2D eigenvalue weighted by molar-refractivity contribution is 6.22. The third kappa shape index (κ3) is 4.52. The van der Waals surface area contributed by atoms with Crippen LogP contribution >= 0.6 is 0 Å². The van der Waals surface area contributed by atoms with Gasteiger partial charge in [-0.3, -0.25) is 29.4 Å². The van der Waals surface area contributed by atoms with Crippen LogP contribution in [0.3, 0.4) is 0 Å². The number of amides is 3. The highest BCUT2D eigenvalue weighted by Gasteiger charge is 2.40. The monoisotopic (exact) mass is 465 g/mol. The highest BCUT2D eigenvalue weighted by atomic mass is 16.6. The van der Waals surface area contributed by atoms with Gasteiger partial charge in [0.1, 0.15) is 0 Å². The van der Waals surface area contributed by atoms with E-state index in [4.69, 9.17) is 4.74 Å². The number of anilines is 1. The number of rotatable bonds is 6. The largest absolute Gasteiger partial charge is 0.452 e. The van der Waals surface area contributed by atoms with Gasteiger partial charge < -0.3 is 10.1 Å². The summed E-state index contributed by atoms with van der Waals surface area (Å²) < 4.78 is 5.06. The van der Waals surface area contributed by atoms with Crippen molar-refractivity contribution in [3.63, 3.8) is 0 Å². The van der Waals surface area contributed by atoms with Gasteiger partial charge in [-0.25, -0.2) is 4.79 Å². The summed E-state index contributed by atoms with van der Waals surface area (Å²) in [5.74, 6) is -2.19. The molecule has 10 heteroatoms. The van der Waals surface area contributed by atoms with Crippen molar-refractivity contribution >= 4 is 35.1 Å². The first-order chi connectivity index (χ1) is 16.3. The molecule has 0 saturated heterocycles. The third-order valence-corrected chi connectivity index (χ3v) is 6.12. The number of aryl methyl sites for hydroxylation is 1. The van der Waals surface area contributed by atoms with E-state index < -0.39 is 29.3 Å². The summed E-state index contributed by atoms with van der Waals surface area (Å²) in [6, 6.07) is 8.02. The Labute approximate surface area is 195 Å². The minimum Gasteiger partial charge on any atom is -0.452 e. The molecule has 0 bridgehead atoms. The van der Waals surface area contributed by atoms with Crippen molar-refractivity contribution in [1.29, 1.82) is 0 Å². The second kappa shape index (κ2) is 9.42. The average molecular weight is 465 g/mol. The van der Waals surface area contributed by atoms with Crippen LogP contribution in [0.25, 0.3) is 0 Å².